The molecule has 0 aliphatic carbocycles. The maximum Gasteiger partial charge on any atom is 0.407 e. The van der Waals surface area contributed by atoms with Gasteiger partial charge in [-0.05, 0) is 62.3 Å². The van der Waals surface area contributed by atoms with Gasteiger partial charge in [-0.15, -0.1) is 0 Å². The van der Waals surface area contributed by atoms with Crippen LogP contribution in [-0.2, 0) is 28.4 Å². The number of hydrogen-bond donors (Lipinski definition) is 3. The highest BCUT2D eigenvalue weighted by Crippen LogP contribution is 2.28. The summed E-state index contributed by atoms with van der Waals surface area (Å²) in [5.74, 6) is 1.51. The second-order valence-electron chi connectivity index (χ2n) is 13.3. The molecule has 0 radical (unpaired) electrons. The molecule has 0 atom stereocenters. The van der Waals surface area contributed by atoms with Crippen molar-refractivity contribution in [3.63, 3.8) is 0 Å². The Labute approximate surface area is 284 Å². The van der Waals surface area contributed by atoms with E-state index >= 15 is 0 Å². The molecule has 15 heteroatoms. The fourth-order valence-electron chi connectivity index (χ4n) is 3.38. The molecular weight excluding hydrogens is 630 g/mol. The van der Waals surface area contributed by atoms with E-state index in [2.05, 4.69) is 16.0 Å². The van der Waals surface area contributed by atoms with E-state index in [-0.39, 0.29) is 39.6 Å². The van der Waals surface area contributed by atoms with E-state index in [9.17, 15) is 14.4 Å². The van der Waals surface area contributed by atoms with Crippen molar-refractivity contribution in [3.05, 3.63) is 18.2 Å². The molecule has 48 heavy (non-hydrogen) atoms. The predicted octanol–water partition coefficient (Wildman–Crippen LogP) is 4.45. The van der Waals surface area contributed by atoms with Crippen LogP contribution in [0.25, 0.3) is 0 Å². The highest BCUT2D eigenvalue weighted by molar-refractivity contribution is 5.68. The van der Waals surface area contributed by atoms with Crippen molar-refractivity contribution in [2.45, 2.75) is 79.1 Å². The van der Waals surface area contributed by atoms with Crippen LogP contribution in [-0.4, -0.2) is 114 Å². The number of benzene rings is 1. The third-order valence-electron chi connectivity index (χ3n) is 5.09. The number of alkyl carbamates (subject to hydrolysis) is 3. The van der Waals surface area contributed by atoms with Crippen LogP contribution < -0.4 is 30.2 Å². The fraction of sp³-hybridized carbons (Fsp3) is 0.727. The van der Waals surface area contributed by atoms with Crippen LogP contribution in [0.1, 0.15) is 62.3 Å². The Bertz CT molecular complexity index is 936. The van der Waals surface area contributed by atoms with Gasteiger partial charge in [0.25, 0.3) is 0 Å². The summed E-state index contributed by atoms with van der Waals surface area (Å²) in [5.41, 5.74) is -1.71. The van der Waals surface area contributed by atoms with Crippen molar-refractivity contribution in [2.24, 2.45) is 0 Å². The van der Waals surface area contributed by atoms with Crippen molar-refractivity contribution < 1.29 is 57.0 Å². The number of hydrogen-bond acceptors (Lipinski definition) is 12. The Hall–Kier alpha value is -3.69. The lowest BCUT2D eigenvalue weighted by Gasteiger charge is -2.19. The van der Waals surface area contributed by atoms with Crippen LogP contribution >= 0.6 is 0 Å². The Morgan fingerprint density at radius 1 is 0.438 bits per heavy atom. The maximum absolute atomic E-state index is 11.7. The SMILES string of the molecule is CC(C)(C)OC(=O)NCCOCCOc1cc(OCCOCCNC(=O)OC(C)(C)C)cc(OCCOCCNC(=O)OC(C)(C)C)c1. The van der Waals surface area contributed by atoms with Crippen molar-refractivity contribution in [1.82, 2.24) is 16.0 Å². The minimum absolute atomic E-state index is 0.247. The molecule has 3 amide bonds. The van der Waals surface area contributed by atoms with Crippen LogP contribution in [0, 0.1) is 0 Å². The van der Waals surface area contributed by atoms with Crippen LogP contribution in [0.15, 0.2) is 18.2 Å². The third kappa shape index (κ3) is 25.4. The standard InChI is InChI=1S/C33H57N3O12/c1-31(2,3)46-28(37)34-10-13-40-16-19-43-25-22-26(44-20-17-41-14-11-35-29(38)47-32(4,5)6)24-27(23-25)45-21-18-42-15-12-36-30(39)48-33(7,8)9/h22-24H,10-21H2,1-9H3,(H,34,37)(H,35,38)(H,36,39). The minimum atomic E-state index is -0.568. The average molecular weight is 688 g/mol. The first-order chi connectivity index (χ1) is 22.4. The quantitative estimate of drug-likeness (QED) is 0.123. The van der Waals surface area contributed by atoms with Gasteiger partial charge in [-0.1, -0.05) is 0 Å². The van der Waals surface area contributed by atoms with Gasteiger partial charge in [-0.3, -0.25) is 0 Å². The number of carbonyl (C=O) groups is 3. The molecule has 276 valence electrons. The highest BCUT2D eigenvalue weighted by atomic mass is 16.6. The molecule has 3 N–H and O–H groups in total. The highest BCUT2D eigenvalue weighted by Gasteiger charge is 2.17. The van der Waals surface area contributed by atoms with E-state index < -0.39 is 35.1 Å². The molecule has 0 fully saturated rings. The zero-order valence-electron chi connectivity index (χ0n) is 30.1. The predicted molar refractivity (Wildman–Crippen MR) is 178 cm³/mol. The van der Waals surface area contributed by atoms with Crippen molar-refractivity contribution in [1.29, 1.82) is 0 Å². The van der Waals surface area contributed by atoms with Crippen LogP contribution in [0.4, 0.5) is 14.4 Å². The van der Waals surface area contributed by atoms with Crippen molar-refractivity contribution in [3.8, 4) is 17.2 Å². The molecule has 0 spiro atoms. The molecular formula is C33H57N3O12. The number of ether oxygens (including phenoxy) is 9. The lowest BCUT2D eigenvalue weighted by molar-refractivity contribution is 0.0480. The molecule has 0 saturated carbocycles. The molecule has 15 nitrogen and oxygen atoms in total. The summed E-state index contributed by atoms with van der Waals surface area (Å²) >= 11 is 0. The molecule has 1 aromatic rings. The van der Waals surface area contributed by atoms with Gasteiger partial charge in [0.1, 0.15) is 53.9 Å². The van der Waals surface area contributed by atoms with Crippen LogP contribution in [0.2, 0.25) is 0 Å². The monoisotopic (exact) mass is 687 g/mol. The van der Waals surface area contributed by atoms with Crippen molar-refractivity contribution >= 4 is 18.3 Å². The van der Waals surface area contributed by atoms with Gasteiger partial charge in [0.05, 0.1) is 39.6 Å². The lowest BCUT2D eigenvalue weighted by Crippen LogP contribution is -2.34. The molecule has 0 aromatic heterocycles. The third-order valence-corrected chi connectivity index (χ3v) is 5.09. The summed E-state index contributed by atoms with van der Waals surface area (Å²) < 4.78 is 49.7. The van der Waals surface area contributed by atoms with E-state index in [0.717, 1.165) is 0 Å². The zero-order valence-corrected chi connectivity index (χ0v) is 30.1. The molecule has 0 saturated heterocycles. The lowest BCUT2D eigenvalue weighted by atomic mass is 10.2. The van der Waals surface area contributed by atoms with Crippen molar-refractivity contribution in [2.75, 3.05) is 79.1 Å². The molecule has 1 aromatic carbocycles. The normalized spacial score (nSPS) is 11.7. The molecule has 0 unspecified atom stereocenters. The number of nitrogens with one attached hydrogen (secondary N) is 3. The maximum atomic E-state index is 11.7. The molecule has 0 aliphatic rings. The van der Waals surface area contributed by atoms with Gasteiger partial charge in [0.2, 0.25) is 0 Å². The molecule has 0 heterocycles. The summed E-state index contributed by atoms with van der Waals surface area (Å²) in [5, 5.41) is 7.89. The topological polar surface area (TPSA) is 170 Å². The first kappa shape index (κ1) is 42.3. The van der Waals surface area contributed by atoms with Gasteiger partial charge >= 0.3 is 18.3 Å². The summed E-state index contributed by atoms with van der Waals surface area (Å²) in [6, 6.07) is 5.17. The molecule has 0 aliphatic heterocycles. The Morgan fingerprint density at radius 2 is 0.688 bits per heavy atom. The number of rotatable bonds is 21. The van der Waals surface area contributed by atoms with Gasteiger partial charge in [0, 0.05) is 37.8 Å². The van der Waals surface area contributed by atoms with E-state index in [1.165, 1.54) is 0 Å². The van der Waals surface area contributed by atoms with Gasteiger partial charge in [-0.25, -0.2) is 14.4 Å². The average Bonchev–Trinajstić information content (AvgIpc) is 2.92. The van der Waals surface area contributed by atoms with E-state index in [0.29, 0.717) is 56.7 Å². The summed E-state index contributed by atoms with van der Waals surface area (Å²) in [4.78, 5) is 35.2. The molecule has 0 bridgehead atoms. The summed E-state index contributed by atoms with van der Waals surface area (Å²) in [6.45, 7) is 19.5. The minimum Gasteiger partial charge on any atom is -0.491 e. The van der Waals surface area contributed by atoms with E-state index in [1.807, 2.05) is 0 Å². The van der Waals surface area contributed by atoms with Crippen LogP contribution in [0.5, 0.6) is 17.2 Å². The van der Waals surface area contributed by atoms with E-state index in [4.69, 9.17) is 42.6 Å². The number of carbonyl (C=O) groups excluding carboxylic acids is 3. The Morgan fingerprint density at radius 3 is 0.917 bits per heavy atom. The summed E-state index contributed by atoms with van der Waals surface area (Å²) in [6.07, 6.45) is -1.51. The van der Waals surface area contributed by atoms with E-state index in [1.54, 1.807) is 80.5 Å². The van der Waals surface area contributed by atoms with Gasteiger partial charge < -0.3 is 58.6 Å². The Balaban J connectivity index is 2.50. The summed E-state index contributed by atoms with van der Waals surface area (Å²) in [7, 11) is 0. The number of amides is 3. The first-order valence-corrected chi connectivity index (χ1v) is 16.1. The second kappa shape index (κ2) is 22.0. The first-order valence-electron chi connectivity index (χ1n) is 16.1. The zero-order chi connectivity index (χ0) is 36.1. The van der Waals surface area contributed by atoms with Gasteiger partial charge in [-0.2, -0.15) is 0 Å². The second-order valence-corrected chi connectivity index (χ2v) is 13.3. The van der Waals surface area contributed by atoms with Gasteiger partial charge in [0.15, 0.2) is 0 Å². The smallest absolute Gasteiger partial charge is 0.407 e. The van der Waals surface area contributed by atoms with Crippen LogP contribution in [0.3, 0.4) is 0 Å². The Kier molecular flexibility index (Phi) is 19.4. The molecule has 1 rings (SSSR count). The fourth-order valence-corrected chi connectivity index (χ4v) is 3.38. The largest absolute Gasteiger partial charge is 0.491 e.